The number of aliphatic hydroxyl groups excluding tert-OH is 1. The molecule has 1 aromatic rings. The lowest BCUT2D eigenvalue weighted by atomic mass is 10.2. The van der Waals surface area contributed by atoms with Gasteiger partial charge in [-0.15, -0.1) is 10.2 Å². The summed E-state index contributed by atoms with van der Waals surface area (Å²) < 4.78 is 24.5. The van der Waals surface area contributed by atoms with E-state index in [1.165, 1.54) is 6.33 Å². The highest BCUT2D eigenvalue weighted by molar-refractivity contribution is 7.91. The summed E-state index contributed by atoms with van der Waals surface area (Å²) in [6.45, 7) is -0.212. The van der Waals surface area contributed by atoms with Gasteiger partial charge in [-0.1, -0.05) is 0 Å². The Labute approximate surface area is 87.9 Å². The number of hydrogen-bond donors (Lipinski definition) is 1. The van der Waals surface area contributed by atoms with Crippen molar-refractivity contribution in [2.24, 2.45) is 0 Å². The zero-order chi connectivity index (χ0) is 10.9. The molecule has 1 aromatic heterocycles. The molecular weight excluding hydrogens is 218 g/mol. The van der Waals surface area contributed by atoms with Crippen molar-refractivity contribution in [1.29, 1.82) is 0 Å². The second-order valence-corrected chi connectivity index (χ2v) is 5.95. The summed E-state index contributed by atoms with van der Waals surface area (Å²) in [6.07, 6.45) is 2.94. The van der Waals surface area contributed by atoms with Gasteiger partial charge in [0.1, 0.15) is 12.9 Å². The molecule has 1 aliphatic heterocycles. The van der Waals surface area contributed by atoms with E-state index in [0.717, 1.165) is 6.42 Å². The predicted molar refractivity (Wildman–Crippen MR) is 52.9 cm³/mol. The first-order chi connectivity index (χ1) is 7.12. The smallest absolute Gasteiger partial charge is 0.158 e. The van der Waals surface area contributed by atoms with Crippen LogP contribution in [-0.4, -0.2) is 39.8 Å². The van der Waals surface area contributed by atoms with Gasteiger partial charge in [0.15, 0.2) is 15.7 Å². The van der Waals surface area contributed by atoms with Crippen molar-refractivity contribution in [3.05, 3.63) is 12.2 Å². The number of aliphatic hydroxyl groups is 1. The fourth-order valence-corrected chi connectivity index (χ4v) is 3.59. The summed E-state index contributed by atoms with van der Waals surface area (Å²) in [7, 11) is -2.94. The van der Waals surface area contributed by atoms with E-state index >= 15 is 0 Å². The van der Waals surface area contributed by atoms with E-state index in [-0.39, 0.29) is 24.2 Å². The van der Waals surface area contributed by atoms with Gasteiger partial charge in [-0.3, -0.25) is 0 Å². The van der Waals surface area contributed by atoms with Crippen LogP contribution in [0.1, 0.15) is 24.7 Å². The molecule has 0 aromatic carbocycles. The molecule has 0 saturated carbocycles. The molecular formula is C8H13N3O3S. The molecule has 0 amide bonds. The SMILES string of the molecule is O=S1(=O)CCCC(n2cnnc2CO)C1. The zero-order valence-corrected chi connectivity index (χ0v) is 9.02. The lowest BCUT2D eigenvalue weighted by Crippen LogP contribution is -2.28. The highest BCUT2D eigenvalue weighted by atomic mass is 32.2. The van der Waals surface area contributed by atoms with Gasteiger partial charge in [0, 0.05) is 0 Å². The van der Waals surface area contributed by atoms with Gasteiger partial charge >= 0.3 is 0 Å². The first-order valence-corrected chi connectivity index (χ1v) is 6.64. The molecule has 0 aliphatic carbocycles. The molecule has 1 aliphatic rings. The third-order valence-electron chi connectivity index (χ3n) is 2.62. The fourth-order valence-electron chi connectivity index (χ4n) is 1.90. The van der Waals surface area contributed by atoms with E-state index < -0.39 is 9.84 Å². The second kappa shape index (κ2) is 3.90. The van der Waals surface area contributed by atoms with Crippen LogP contribution in [0.4, 0.5) is 0 Å². The van der Waals surface area contributed by atoms with Crippen molar-refractivity contribution >= 4 is 9.84 Å². The topological polar surface area (TPSA) is 85.1 Å². The Balaban J connectivity index is 2.24. The quantitative estimate of drug-likeness (QED) is 0.743. The third kappa shape index (κ3) is 2.18. The van der Waals surface area contributed by atoms with Crippen LogP contribution in [0, 0.1) is 0 Å². The van der Waals surface area contributed by atoms with Gasteiger partial charge in [-0.25, -0.2) is 8.42 Å². The minimum atomic E-state index is -2.94. The maximum atomic E-state index is 11.4. The van der Waals surface area contributed by atoms with Crippen LogP contribution in [-0.2, 0) is 16.4 Å². The van der Waals surface area contributed by atoms with Crippen LogP contribution >= 0.6 is 0 Å². The first-order valence-electron chi connectivity index (χ1n) is 4.82. The lowest BCUT2D eigenvalue weighted by Gasteiger charge is -2.23. The molecule has 1 unspecified atom stereocenters. The standard InChI is InChI=1S/C8H13N3O3S/c12-4-8-10-9-6-11(8)7-2-1-3-15(13,14)5-7/h6-7,12H,1-5H2. The molecule has 6 nitrogen and oxygen atoms in total. The van der Waals surface area contributed by atoms with Crippen LogP contribution in [0.2, 0.25) is 0 Å². The van der Waals surface area contributed by atoms with Gasteiger partial charge in [-0.05, 0) is 12.8 Å². The molecule has 7 heteroatoms. The maximum Gasteiger partial charge on any atom is 0.158 e. The average Bonchev–Trinajstić information content (AvgIpc) is 2.63. The number of rotatable bonds is 2. The largest absolute Gasteiger partial charge is 0.388 e. The summed E-state index contributed by atoms with van der Waals surface area (Å²) in [4.78, 5) is 0. The molecule has 2 rings (SSSR count). The molecule has 2 heterocycles. The molecule has 0 spiro atoms. The number of hydrogen-bond acceptors (Lipinski definition) is 5. The Morgan fingerprint density at radius 2 is 2.40 bits per heavy atom. The Hall–Kier alpha value is -0.950. The molecule has 1 atom stereocenters. The van der Waals surface area contributed by atoms with Crippen molar-refractivity contribution in [3.8, 4) is 0 Å². The molecule has 84 valence electrons. The monoisotopic (exact) mass is 231 g/mol. The van der Waals surface area contributed by atoms with Gasteiger partial charge < -0.3 is 9.67 Å². The molecule has 0 bridgehead atoms. The summed E-state index contributed by atoms with van der Waals surface area (Å²) in [5.41, 5.74) is 0. The highest BCUT2D eigenvalue weighted by Crippen LogP contribution is 2.23. The van der Waals surface area contributed by atoms with Gasteiger partial charge in [0.25, 0.3) is 0 Å². The summed E-state index contributed by atoms with van der Waals surface area (Å²) in [6, 6.07) is -0.124. The number of nitrogens with zero attached hydrogens (tertiary/aromatic N) is 3. The minimum absolute atomic E-state index is 0.123. The van der Waals surface area contributed by atoms with Crippen molar-refractivity contribution in [2.75, 3.05) is 11.5 Å². The van der Waals surface area contributed by atoms with E-state index in [4.69, 9.17) is 5.11 Å². The summed E-state index contributed by atoms with van der Waals surface area (Å²) in [5.74, 6) is 0.815. The van der Waals surface area contributed by atoms with Crippen LogP contribution < -0.4 is 0 Å². The Kier molecular flexibility index (Phi) is 2.74. The maximum absolute atomic E-state index is 11.4. The molecule has 1 N–H and O–H groups in total. The van der Waals surface area contributed by atoms with E-state index in [1.54, 1.807) is 4.57 Å². The molecule has 1 fully saturated rings. The van der Waals surface area contributed by atoms with Crippen molar-refractivity contribution in [1.82, 2.24) is 14.8 Å². The zero-order valence-electron chi connectivity index (χ0n) is 8.20. The normalized spacial score (nSPS) is 25.3. The summed E-state index contributed by atoms with van der Waals surface area (Å²) in [5, 5.41) is 16.4. The van der Waals surface area contributed by atoms with Crippen LogP contribution in [0.5, 0.6) is 0 Å². The summed E-state index contributed by atoms with van der Waals surface area (Å²) >= 11 is 0. The predicted octanol–water partition coefficient (Wildman–Crippen LogP) is -0.480. The second-order valence-electron chi connectivity index (χ2n) is 3.72. The molecule has 0 radical (unpaired) electrons. The highest BCUT2D eigenvalue weighted by Gasteiger charge is 2.27. The van der Waals surface area contributed by atoms with Gasteiger partial charge in [0.2, 0.25) is 0 Å². The van der Waals surface area contributed by atoms with Crippen LogP contribution in [0.15, 0.2) is 6.33 Å². The van der Waals surface area contributed by atoms with Gasteiger partial charge in [0.05, 0.1) is 17.5 Å². The van der Waals surface area contributed by atoms with E-state index in [0.29, 0.717) is 12.2 Å². The number of sulfone groups is 1. The average molecular weight is 231 g/mol. The van der Waals surface area contributed by atoms with Crippen molar-refractivity contribution in [3.63, 3.8) is 0 Å². The Morgan fingerprint density at radius 3 is 3.07 bits per heavy atom. The van der Waals surface area contributed by atoms with E-state index in [9.17, 15) is 8.42 Å². The Bertz CT molecular complexity index is 440. The van der Waals surface area contributed by atoms with E-state index in [1.807, 2.05) is 0 Å². The Morgan fingerprint density at radius 1 is 1.60 bits per heavy atom. The lowest BCUT2D eigenvalue weighted by molar-refractivity contribution is 0.259. The van der Waals surface area contributed by atoms with Crippen LogP contribution in [0.25, 0.3) is 0 Å². The third-order valence-corrected chi connectivity index (χ3v) is 4.42. The van der Waals surface area contributed by atoms with Crippen molar-refractivity contribution in [2.45, 2.75) is 25.5 Å². The number of aromatic nitrogens is 3. The van der Waals surface area contributed by atoms with E-state index in [2.05, 4.69) is 10.2 Å². The van der Waals surface area contributed by atoms with Crippen LogP contribution in [0.3, 0.4) is 0 Å². The molecule has 15 heavy (non-hydrogen) atoms. The minimum Gasteiger partial charge on any atom is -0.388 e. The van der Waals surface area contributed by atoms with Gasteiger partial charge in [-0.2, -0.15) is 0 Å². The fraction of sp³-hybridized carbons (Fsp3) is 0.750. The van der Waals surface area contributed by atoms with Crippen molar-refractivity contribution < 1.29 is 13.5 Å². The molecule has 1 saturated heterocycles. The first kappa shape index (κ1) is 10.6.